The van der Waals surface area contributed by atoms with Crippen molar-refractivity contribution < 1.29 is 18.0 Å². The van der Waals surface area contributed by atoms with Crippen LogP contribution in [0, 0.1) is 5.92 Å². The molecule has 1 aromatic rings. The molecule has 1 amide bonds. The van der Waals surface area contributed by atoms with Crippen molar-refractivity contribution in [2.45, 2.75) is 12.7 Å². The third-order valence-electron chi connectivity index (χ3n) is 2.62. The van der Waals surface area contributed by atoms with Crippen LogP contribution >= 0.6 is 0 Å². The largest absolute Gasteiger partial charge is 0.402 e. The number of rotatable bonds is 2. The molecule has 86 valence electrons. The Morgan fingerprint density at radius 3 is 2.38 bits per heavy atom. The van der Waals surface area contributed by atoms with Crippen LogP contribution in [0.5, 0.6) is 0 Å². The molecule has 0 aliphatic carbocycles. The van der Waals surface area contributed by atoms with Crippen LogP contribution in [-0.4, -0.2) is 23.5 Å². The molecule has 16 heavy (non-hydrogen) atoms. The SMILES string of the molecule is O=C1[C@H](C(F)(F)F)CN1Cc1ccccc1. The number of amides is 1. The third-order valence-corrected chi connectivity index (χ3v) is 2.62. The van der Waals surface area contributed by atoms with Gasteiger partial charge in [0.1, 0.15) is 0 Å². The fourth-order valence-electron chi connectivity index (χ4n) is 1.69. The lowest BCUT2D eigenvalue weighted by Crippen LogP contribution is -2.57. The first-order valence-electron chi connectivity index (χ1n) is 4.88. The van der Waals surface area contributed by atoms with Crippen molar-refractivity contribution in [1.29, 1.82) is 0 Å². The highest BCUT2D eigenvalue weighted by atomic mass is 19.4. The summed E-state index contributed by atoms with van der Waals surface area (Å²) in [6.45, 7) is 0.0312. The third kappa shape index (κ3) is 2.03. The Balaban J connectivity index is 1.95. The number of benzene rings is 1. The van der Waals surface area contributed by atoms with E-state index in [1.807, 2.05) is 6.07 Å². The molecule has 2 nitrogen and oxygen atoms in total. The van der Waals surface area contributed by atoms with Gasteiger partial charge in [0, 0.05) is 13.1 Å². The van der Waals surface area contributed by atoms with E-state index < -0.39 is 18.0 Å². The molecular formula is C11H10F3NO. The number of alkyl halides is 3. The van der Waals surface area contributed by atoms with Gasteiger partial charge < -0.3 is 4.90 Å². The van der Waals surface area contributed by atoms with Gasteiger partial charge in [-0.3, -0.25) is 4.79 Å². The van der Waals surface area contributed by atoms with Crippen molar-refractivity contribution in [1.82, 2.24) is 4.90 Å². The van der Waals surface area contributed by atoms with Gasteiger partial charge in [-0.2, -0.15) is 13.2 Å². The van der Waals surface area contributed by atoms with Crippen molar-refractivity contribution in [3.05, 3.63) is 35.9 Å². The molecule has 0 N–H and O–H groups in total. The summed E-state index contributed by atoms with van der Waals surface area (Å²) in [5.41, 5.74) is 0.844. The van der Waals surface area contributed by atoms with Crippen molar-refractivity contribution in [2.75, 3.05) is 6.54 Å². The van der Waals surface area contributed by atoms with E-state index >= 15 is 0 Å². The van der Waals surface area contributed by atoms with Crippen molar-refractivity contribution in [3.8, 4) is 0 Å². The molecule has 1 heterocycles. The molecule has 1 atom stereocenters. The smallest absolute Gasteiger partial charge is 0.337 e. The van der Waals surface area contributed by atoms with E-state index in [0.29, 0.717) is 0 Å². The van der Waals surface area contributed by atoms with Gasteiger partial charge in [-0.25, -0.2) is 0 Å². The zero-order chi connectivity index (χ0) is 11.8. The fraction of sp³-hybridized carbons (Fsp3) is 0.364. The Labute approximate surface area is 90.7 Å². The van der Waals surface area contributed by atoms with Gasteiger partial charge >= 0.3 is 6.18 Å². The fourth-order valence-corrected chi connectivity index (χ4v) is 1.69. The van der Waals surface area contributed by atoms with Gasteiger partial charge in [-0.05, 0) is 5.56 Å². The molecule has 0 radical (unpaired) electrons. The predicted octanol–water partition coefficient (Wildman–Crippen LogP) is 2.21. The molecule has 0 spiro atoms. The van der Waals surface area contributed by atoms with Crippen LogP contribution in [0.15, 0.2) is 30.3 Å². The van der Waals surface area contributed by atoms with Crippen LogP contribution in [0.1, 0.15) is 5.56 Å². The van der Waals surface area contributed by atoms with Crippen LogP contribution in [0.3, 0.4) is 0 Å². The summed E-state index contributed by atoms with van der Waals surface area (Å²) >= 11 is 0. The number of hydrogen-bond donors (Lipinski definition) is 0. The summed E-state index contributed by atoms with van der Waals surface area (Å²) in [4.78, 5) is 12.4. The first kappa shape index (κ1) is 11.0. The molecule has 0 bridgehead atoms. The van der Waals surface area contributed by atoms with E-state index in [9.17, 15) is 18.0 Å². The molecule has 1 aromatic carbocycles. The zero-order valence-corrected chi connectivity index (χ0v) is 8.37. The maximum Gasteiger partial charge on any atom is 0.402 e. The van der Waals surface area contributed by atoms with Crippen LogP contribution in [0.2, 0.25) is 0 Å². The summed E-state index contributed by atoms with van der Waals surface area (Å²) in [5, 5.41) is 0. The van der Waals surface area contributed by atoms with Gasteiger partial charge in [0.15, 0.2) is 5.92 Å². The van der Waals surface area contributed by atoms with E-state index in [0.717, 1.165) is 5.56 Å². The second-order valence-electron chi connectivity index (χ2n) is 3.80. The normalized spacial score (nSPS) is 20.8. The molecule has 0 unspecified atom stereocenters. The van der Waals surface area contributed by atoms with E-state index in [-0.39, 0.29) is 13.1 Å². The number of carbonyl (C=O) groups is 1. The van der Waals surface area contributed by atoms with Gasteiger partial charge in [0.05, 0.1) is 0 Å². The number of nitrogens with zero attached hydrogens (tertiary/aromatic N) is 1. The van der Waals surface area contributed by atoms with E-state index in [4.69, 9.17) is 0 Å². The van der Waals surface area contributed by atoms with Crippen LogP contribution < -0.4 is 0 Å². The molecular weight excluding hydrogens is 219 g/mol. The van der Waals surface area contributed by atoms with Gasteiger partial charge in [0.2, 0.25) is 5.91 Å². The van der Waals surface area contributed by atoms with Crippen LogP contribution in [0.4, 0.5) is 13.2 Å². The molecule has 1 aliphatic heterocycles. The Hall–Kier alpha value is -1.52. The second kappa shape index (κ2) is 3.81. The lowest BCUT2D eigenvalue weighted by atomic mass is 9.97. The molecule has 1 saturated heterocycles. The van der Waals surface area contributed by atoms with Gasteiger partial charge in [0.25, 0.3) is 0 Å². The zero-order valence-electron chi connectivity index (χ0n) is 8.37. The van der Waals surface area contributed by atoms with Crippen LogP contribution in [-0.2, 0) is 11.3 Å². The van der Waals surface area contributed by atoms with Crippen LogP contribution in [0.25, 0.3) is 0 Å². The van der Waals surface area contributed by atoms with E-state index in [1.54, 1.807) is 24.3 Å². The lowest BCUT2D eigenvalue weighted by Gasteiger charge is -2.39. The lowest BCUT2D eigenvalue weighted by molar-refractivity contribution is -0.213. The molecule has 0 saturated carbocycles. The first-order valence-corrected chi connectivity index (χ1v) is 4.88. The average molecular weight is 229 g/mol. The summed E-state index contributed by atoms with van der Waals surface area (Å²) in [7, 11) is 0. The van der Waals surface area contributed by atoms with Gasteiger partial charge in [-0.15, -0.1) is 0 Å². The minimum atomic E-state index is -4.40. The minimum Gasteiger partial charge on any atom is -0.337 e. The molecule has 2 rings (SSSR count). The minimum absolute atomic E-state index is 0.225. The molecule has 1 fully saturated rings. The number of carbonyl (C=O) groups excluding carboxylic acids is 1. The molecule has 5 heteroatoms. The first-order chi connectivity index (χ1) is 7.48. The van der Waals surface area contributed by atoms with E-state index in [1.165, 1.54) is 4.90 Å². The standard InChI is InChI=1S/C11H10F3NO/c12-11(13,14)9-7-15(10(9)16)6-8-4-2-1-3-5-8/h1-5,9H,6-7H2/t9-/m1/s1. The average Bonchev–Trinajstić information content (AvgIpc) is 2.23. The Morgan fingerprint density at radius 1 is 1.25 bits per heavy atom. The maximum atomic E-state index is 12.2. The second-order valence-corrected chi connectivity index (χ2v) is 3.80. The van der Waals surface area contributed by atoms with Gasteiger partial charge in [-0.1, -0.05) is 30.3 Å². The summed E-state index contributed by atoms with van der Waals surface area (Å²) < 4.78 is 36.6. The highest BCUT2D eigenvalue weighted by Crippen LogP contribution is 2.35. The number of hydrogen-bond acceptors (Lipinski definition) is 1. The van der Waals surface area contributed by atoms with Crippen molar-refractivity contribution >= 4 is 5.91 Å². The molecule has 1 aliphatic rings. The Morgan fingerprint density at radius 2 is 1.88 bits per heavy atom. The number of β-lactam (4-membered cyclic amide) rings is 1. The highest BCUT2D eigenvalue weighted by Gasteiger charge is 2.53. The van der Waals surface area contributed by atoms with Crippen molar-refractivity contribution in [3.63, 3.8) is 0 Å². The molecule has 0 aromatic heterocycles. The number of likely N-dealkylation sites (tertiary alicyclic amines) is 1. The summed E-state index contributed by atoms with van der Waals surface area (Å²) in [6.07, 6.45) is -4.40. The monoisotopic (exact) mass is 229 g/mol. The number of halogens is 3. The predicted molar refractivity (Wildman–Crippen MR) is 51.4 cm³/mol. The van der Waals surface area contributed by atoms with Crippen molar-refractivity contribution in [2.24, 2.45) is 5.92 Å². The maximum absolute atomic E-state index is 12.2. The Kier molecular flexibility index (Phi) is 2.61. The quantitative estimate of drug-likeness (QED) is 0.712. The highest BCUT2D eigenvalue weighted by molar-refractivity contribution is 5.85. The topological polar surface area (TPSA) is 20.3 Å². The summed E-state index contributed by atoms with van der Waals surface area (Å²) in [5.74, 6) is -2.62. The Bertz CT molecular complexity index is 388. The summed E-state index contributed by atoms with van der Waals surface area (Å²) in [6, 6.07) is 8.98. The van der Waals surface area contributed by atoms with E-state index in [2.05, 4.69) is 0 Å².